The molecule has 0 heterocycles. The van der Waals surface area contributed by atoms with Crippen LogP contribution in [-0.2, 0) is 9.53 Å². The van der Waals surface area contributed by atoms with Gasteiger partial charge in [0.2, 0.25) is 0 Å². The Morgan fingerprint density at radius 2 is 2.00 bits per heavy atom. The molecule has 0 radical (unpaired) electrons. The van der Waals surface area contributed by atoms with Crippen molar-refractivity contribution in [3.05, 3.63) is 22.2 Å². The zero-order chi connectivity index (χ0) is 17.4. The second kappa shape index (κ2) is 9.39. The van der Waals surface area contributed by atoms with Gasteiger partial charge < -0.3 is 19.5 Å². The predicted octanol–water partition coefficient (Wildman–Crippen LogP) is 2.93. The summed E-state index contributed by atoms with van der Waals surface area (Å²) in [5.41, 5.74) is 0.272. The normalized spacial score (nSPS) is 11.5. The molecule has 0 aliphatic rings. The van der Waals surface area contributed by atoms with E-state index in [-0.39, 0.29) is 24.1 Å². The van der Waals surface area contributed by atoms with E-state index < -0.39 is 5.97 Å². The summed E-state index contributed by atoms with van der Waals surface area (Å²) < 4.78 is 16.3. The Balaban J connectivity index is 2.77. The Bertz CT molecular complexity index is 562. The molecular weight excluding hydrogens is 366 g/mol. The lowest BCUT2D eigenvalue weighted by atomic mass is 10.2. The number of hydrogen-bond acceptors (Lipinski definition) is 5. The first-order chi connectivity index (χ1) is 10.9. The van der Waals surface area contributed by atoms with Gasteiger partial charge in [-0.1, -0.05) is 6.92 Å². The van der Waals surface area contributed by atoms with Crippen LogP contribution in [0.2, 0.25) is 0 Å². The molecule has 6 nitrogen and oxygen atoms in total. The molecule has 0 fully saturated rings. The number of esters is 1. The molecule has 1 aromatic carbocycles. The topological polar surface area (TPSA) is 73.9 Å². The van der Waals surface area contributed by atoms with Crippen LogP contribution in [-0.4, -0.2) is 38.2 Å². The van der Waals surface area contributed by atoms with E-state index in [1.165, 1.54) is 13.2 Å². The van der Waals surface area contributed by atoms with Gasteiger partial charge in [0.25, 0.3) is 5.91 Å². The minimum atomic E-state index is -0.605. The average Bonchev–Trinajstić information content (AvgIpc) is 2.54. The monoisotopic (exact) mass is 387 g/mol. The van der Waals surface area contributed by atoms with Gasteiger partial charge in [0.05, 0.1) is 23.8 Å². The minimum Gasteiger partial charge on any atom is -0.493 e. The maximum Gasteiger partial charge on any atom is 0.338 e. The van der Waals surface area contributed by atoms with Crippen LogP contribution in [0.4, 0.5) is 0 Å². The summed E-state index contributed by atoms with van der Waals surface area (Å²) in [6.45, 7) is 5.84. The van der Waals surface area contributed by atoms with Gasteiger partial charge in [-0.3, -0.25) is 4.79 Å². The Morgan fingerprint density at radius 1 is 1.30 bits per heavy atom. The molecule has 0 aromatic heterocycles. The molecule has 7 heteroatoms. The van der Waals surface area contributed by atoms with Crippen molar-refractivity contribution in [2.75, 3.05) is 20.3 Å². The molecule has 128 valence electrons. The molecule has 0 bridgehead atoms. The summed E-state index contributed by atoms with van der Waals surface area (Å²) in [5.74, 6) is -0.00527. The number of nitrogens with one attached hydrogen (secondary N) is 1. The maximum absolute atomic E-state index is 12.1. The number of halogens is 1. The van der Waals surface area contributed by atoms with Crippen LogP contribution >= 0.6 is 15.9 Å². The Kier molecular flexibility index (Phi) is 7.88. The quantitative estimate of drug-likeness (QED) is 0.694. The third-order valence-electron chi connectivity index (χ3n) is 3.11. The fourth-order valence-electron chi connectivity index (χ4n) is 1.76. The third kappa shape index (κ3) is 5.74. The van der Waals surface area contributed by atoms with Crippen molar-refractivity contribution >= 4 is 27.8 Å². The molecule has 0 saturated heterocycles. The van der Waals surface area contributed by atoms with Gasteiger partial charge in [0.1, 0.15) is 0 Å². The zero-order valence-corrected chi connectivity index (χ0v) is 15.4. The fraction of sp³-hybridized carbons (Fsp3) is 0.500. The van der Waals surface area contributed by atoms with Gasteiger partial charge in [0.15, 0.2) is 18.1 Å². The molecule has 1 aromatic rings. The van der Waals surface area contributed by atoms with Crippen LogP contribution in [0.3, 0.4) is 0 Å². The molecule has 1 rings (SSSR count). The highest BCUT2D eigenvalue weighted by Gasteiger charge is 2.17. The predicted molar refractivity (Wildman–Crippen MR) is 90.0 cm³/mol. The van der Waals surface area contributed by atoms with Crippen molar-refractivity contribution in [2.45, 2.75) is 33.2 Å². The number of benzene rings is 1. The number of carbonyl (C=O) groups is 2. The van der Waals surface area contributed by atoms with E-state index in [1.54, 1.807) is 6.07 Å². The van der Waals surface area contributed by atoms with E-state index in [0.717, 1.165) is 6.42 Å². The summed E-state index contributed by atoms with van der Waals surface area (Å²) in [6, 6.07) is 3.13. The van der Waals surface area contributed by atoms with Gasteiger partial charge in [-0.2, -0.15) is 0 Å². The van der Waals surface area contributed by atoms with E-state index in [9.17, 15) is 9.59 Å². The average molecular weight is 388 g/mol. The van der Waals surface area contributed by atoms with Crippen molar-refractivity contribution in [1.29, 1.82) is 0 Å². The van der Waals surface area contributed by atoms with Gasteiger partial charge in [-0.05, 0) is 48.3 Å². The fourth-order valence-corrected chi connectivity index (χ4v) is 2.31. The highest BCUT2D eigenvalue weighted by Crippen LogP contribution is 2.36. The summed E-state index contributed by atoms with van der Waals surface area (Å²) in [4.78, 5) is 23.7. The lowest BCUT2D eigenvalue weighted by Crippen LogP contribution is -2.35. The van der Waals surface area contributed by atoms with Crippen LogP contribution in [0, 0.1) is 0 Å². The molecule has 0 aliphatic carbocycles. The number of ether oxygens (including phenoxy) is 3. The van der Waals surface area contributed by atoms with E-state index >= 15 is 0 Å². The Hall–Kier alpha value is -1.76. The lowest BCUT2D eigenvalue weighted by molar-refractivity contribution is -0.124. The summed E-state index contributed by atoms with van der Waals surface area (Å²) >= 11 is 3.34. The second-order valence-corrected chi connectivity index (χ2v) is 5.73. The first-order valence-corrected chi connectivity index (χ1v) is 8.18. The first-order valence-electron chi connectivity index (χ1n) is 7.39. The minimum absolute atomic E-state index is 0.0425. The van der Waals surface area contributed by atoms with Gasteiger partial charge in [0, 0.05) is 6.04 Å². The molecule has 1 N–H and O–H groups in total. The van der Waals surface area contributed by atoms with E-state index in [2.05, 4.69) is 21.2 Å². The third-order valence-corrected chi connectivity index (χ3v) is 3.70. The SMILES string of the molecule is CCOc1c(Br)cc(C(=O)OCC(=O)N[C@H](C)CC)cc1OC. The molecule has 0 aliphatic heterocycles. The largest absolute Gasteiger partial charge is 0.493 e. The molecule has 1 amide bonds. The Labute approximate surface area is 144 Å². The first kappa shape index (κ1) is 19.3. The van der Waals surface area contributed by atoms with Crippen molar-refractivity contribution in [2.24, 2.45) is 0 Å². The van der Waals surface area contributed by atoms with Crippen molar-refractivity contribution < 1.29 is 23.8 Å². The standard InChI is InChI=1S/C16H22BrNO5/c1-5-10(3)18-14(19)9-23-16(20)11-7-12(17)15(22-6-2)13(8-11)21-4/h7-8,10H,5-6,9H2,1-4H3,(H,18,19)/t10-/m1/s1. The summed E-state index contributed by atoms with van der Waals surface area (Å²) in [7, 11) is 1.49. The van der Waals surface area contributed by atoms with Crippen molar-refractivity contribution in [3.8, 4) is 11.5 Å². The lowest BCUT2D eigenvalue weighted by Gasteiger charge is -2.14. The van der Waals surface area contributed by atoms with E-state index in [1.807, 2.05) is 20.8 Å². The molecular formula is C16H22BrNO5. The van der Waals surface area contributed by atoms with Crippen molar-refractivity contribution in [1.82, 2.24) is 5.32 Å². The van der Waals surface area contributed by atoms with Crippen LogP contribution in [0.1, 0.15) is 37.6 Å². The number of hydrogen-bond donors (Lipinski definition) is 1. The molecule has 0 spiro atoms. The van der Waals surface area contributed by atoms with Crippen LogP contribution < -0.4 is 14.8 Å². The van der Waals surface area contributed by atoms with E-state index in [4.69, 9.17) is 14.2 Å². The van der Waals surface area contributed by atoms with Gasteiger partial charge in [-0.15, -0.1) is 0 Å². The molecule has 23 heavy (non-hydrogen) atoms. The highest BCUT2D eigenvalue weighted by atomic mass is 79.9. The molecule has 0 unspecified atom stereocenters. The number of amides is 1. The van der Waals surface area contributed by atoms with E-state index in [0.29, 0.717) is 22.6 Å². The molecule has 1 atom stereocenters. The van der Waals surface area contributed by atoms with Crippen molar-refractivity contribution in [3.63, 3.8) is 0 Å². The van der Waals surface area contributed by atoms with Crippen LogP contribution in [0.25, 0.3) is 0 Å². The van der Waals surface area contributed by atoms with Crippen LogP contribution in [0.15, 0.2) is 16.6 Å². The zero-order valence-electron chi connectivity index (χ0n) is 13.8. The second-order valence-electron chi connectivity index (χ2n) is 4.88. The smallest absolute Gasteiger partial charge is 0.338 e. The van der Waals surface area contributed by atoms with Crippen LogP contribution in [0.5, 0.6) is 11.5 Å². The number of methoxy groups -OCH3 is 1. The summed E-state index contributed by atoms with van der Waals surface area (Å²) in [6.07, 6.45) is 0.808. The summed E-state index contributed by atoms with van der Waals surface area (Å²) in [5, 5.41) is 2.73. The number of rotatable bonds is 8. The molecule has 0 saturated carbocycles. The Morgan fingerprint density at radius 3 is 2.57 bits per heavy atom. The van der Waals surface area contributed by atoms with Gasteiger partial charge >= 0.3 is 5.97 Å². The van der Waals surface area contributed by atoms with Gasteiger partial charge in [-0.25, -0.2) is 4.79 Å². The highest BCUT2D eigenvalue weighted by molar-refractivity contribution is 9.10. The maximum atomic E-state index is 12.1. The number of carbonyl (C=O) groups excluding carboxylic acids is 2.